The highest BCUT2D eigenvalue weighted by atomic mass is 16.5. The van der Waals surface area contributed by atoms with E-state index in [4.69, 9.17) is 24.2 Å². The maximum atomic E-state index is 12.2. The van der Waals surface area contributed by atoms with Crippen LogP contribution in [0, 0.1) is 0 Å². The standard InChI is InChI=1S/C25H26N6O6/c1-35-16-8-7-14(20(12-16)37-3)13-26-24-27-21-17(5-4-6-19(21)36-2)23-28-22(29-31(23)24)18-11-15(32)9-10-30(18)25(33)34/h4-8,12,18H,9-11,13H2,1-3H3,(H,26,27)(H,33,34). The van der Waals surface area contributed by atoms with E-state index >= 15 is 0 Å². The van der Waals surface area contributed by atoms with E-state index in [-0.39, 0.29) is 31.0 Å². The summed E-state index contributed by atoms with van der Waals surface area (Å²) in [5, 5.41) is 18.3. The van der Waals surface area contributed by atoms with E-state index in [0.717, 1.165) is 5.56 Å². The number of hydrogen-bond acceptors (Lipinski definition) is 9. The lowest BCUT2D eigenvalue weighted by Crippen LogP contribution is -2.40. The number of amides is 1. The molecule has 1 aliphatic rings. The fourth-order valence-electron chi connectivity index (χ4n) is 4.50. The van der Waals surface area contributed by atoms with E-state index in [1.165, 1.54) is 9.42 Å². The first-order chi connectivity index (χ1) is 17.9. The van der Waals surface area contributed by atoms with Gasteiger partial charge in [-0.05, 0) is 24.3 Å². The molecule has 1 aliphatic heterocycles. The van der Waals surface area contributed by atoms with E-state index in [0.29, 0.717) is 46.3 Å². The molecule has 2 aromatic heterocycles. The molecule has 12 nitrogen and oxygen atoms in total. The van der Waals surface area contributed by atoms with Crippen LogP contribution in [0.4, 0.5) is 10.7 Å². The molecule has 0 radical (unpaired) electrons. The number of para-hydroxylation sites is 1. The minimum absolute atomic E-state index is 0.0175. The number of carbonyl (C=O) groups is 2. The van der Waals surface area contributed by atoms with Crippen molar-refractivity contribution in [2.75, 3.05) is 33.2 Å². The maximum absolute atomic E-state index is 12.2. The number of rotatable bonds is 7. The van der Waals surface area contributed by atoms with Crippen molar-refractivity contribution in [1.82, 2.24) is 24.5 Å². The number of ether oxygens (including phenoxy) is 3. The number of aromatic nitrogens is 4. The summed E-state index contributed by atoms with van der Waals surface area (Å²) >= 11 is 0. The Labute approximate surface area is 211 Å². The number of fused-ring (bicyclic) bond motifs is 3. The maximum Gasteiger partial charge on any atom is 0.407 e. The first-order valence-corrected chi connectivity index (χ1v) is 11.6. The Kier molecular flexibility index (Phi) is 6.38. The number of nitrogens with one attached hydrogen (secondary N) is 1. The number of methoxy groups -OCH3 is 3. The first kappa shape index (κ1) is 24.1. The highest BCUT2D eigenvalue weighted by Gasteiger charge is 2.35. The van der Waals surface area contributed by atoms with Gasteiger partial charge in [-0.2, -0.15) is 4.52 Å². The summed E-state index contributed by atoms with van der Waals surface area (Å²) in [6.45, 7) is 0.442. The van der Waals surface area contributed by atoms with Gasteiger partial charge in [-0.15, -0.1) is 5.10 Å². The van der Waals surface area contributed by atoms with Crippen LogP contribution in [0.5, 0.6) is 17.2 Å². The summed E-state index contributed by atoms with van der Waals surface area (Å²) < 4.78 is 17.9. The fraction of sp³-hybridized carbons (Fsp3) is 0.320. The number of ketones is 1. The van der Waals surface area contributed by atoms with Crippen molar-refractivity contribution in [3.05, 3.63) is 47.8 Å². The minimum Gasteiger partial charge on any atom is -0.497 e. The average molecular weight is 507 g/mol. The molecule has 0 bridgehead atoms. The molecule has 1 fully saturated rings. The lowest BCUT2D eigenvalue weighted by Gasteiger charge is -2.30. The van der Waals surface area contributed by atoms with Crippen molar-refractivity contribution >= 4 is 34.4 Å². The molecule has 5 rings (SSSR count). The van der Waals surface area contributed by atoms with Crippen LogP contribution in [0.25, 0.3) is 16.6 Å². The van der Waals surface area contributed by atoms with Crippen molar-refractivity contribution in [2.45, 2.75) is 25.4 Å². The third-order valence-electron chi connectivity index (χ3n) is 6.41. The van der Waals surface area contributed by atoms with E-state index in [9.17, 15) is 14.7 Å². The van der Waals surface area contributed by atoms with Crippen LogP contribution in [0.3, 0.4) is 0 Å². The number of hydrogen-bond donors (Lipinski definition) is 2. The van der Waals surface area contributed by atoms with Gasteiger partial charge in [-0.3, -0.25) is 9.69 Å². The molecule has 3 heterocycles. The van der Waals surface area contributed by atoms with E-state index in [2.05, 4.69) is 10.4 Å². The van der Waals surface area contributed by atoms with Crippen LogP contribution < -0.4 is 19.5 Å². The van der Waals surface area contributed by atoms with Gasteiger partial charge in [-0.25, -0.2) is 14.8 Å². The Bertz CT molecular complexity index is 1500. The van der Waals surface area contributed by atoms with E-state index < -0.39 is 12.1 Å². The summed E-state index contributed by atoms with van der Waals surface area (Å²) in [5.74, 6) is 2.43. The molecule has 1 unspecified atom stereocenters. The monoisotopic (exact) mass is 506 g/mol. The highest BCUT2D eigenvalue weighted by molar-refractivity contribution is 5.96. The summed E-state index contributed by atoms with van der Waals surface area (Å²) in [4.78, 5) is 34.8. The minimum atomic E-state index is -1.12. The summed E-state index contributed by atoms with van der Waals surface area (Å²) in [6, 6.07) is 10.2. The predicted octanol–water partition coefficient (Wildman–Crippen LogP) is 3.30. The van der Waals surface area contributed by atoms with Crippen LogP contribution in [0.1, 0.15) is 30.3 Å². The Morgan fingerprint density at radius 3 is 2.65 bits per heavy atom. The molecule has 0 spiro atoms. The molecule has 4 aromatic rings. The van der Waals surface area contributed by atoms with Gasteiger partial charge in [0.2, 0.25) is 5.95 Å². The third kappa shape index (κ3) is 4.41. The molecule has 37 heavy (non-hydrogen) atoms. The smallest absolute Gasteiger partial charge is 0.407 e. The average Bonchev–Trinajstić information content (AvgIpc) is 3.37. The second-order valence-electron chi connectivity index (χ2n) is 8.51. The molecule has 2 aromatic carbocycles. The molecular formula is C25H26N6O6. The highest BCUT2D eigenvalue weighted by Crippen LogP contribution is 2.32. The summed E-state index contributed by atoms with van der Waals surface area (Å²) in [7, 11) is 4.73. The Morgan fingerprint density at radius 2 is 1.92 bits per heavy atom. The molecular weight excluding hydrogens is 480 g/mol. The van der Waals surface area contributed by atoms with Gasteiger partial charge in [0.25, 0.3) is 0 Å². The Balaban J connectivity index is 1.62. The normalized spacial score (nSPS) is 15.7. The van der Waals surface area contributed by atoms with Gasteiger partial charge in [0, 0.05) is 42.9 Å². The Morgan fingerprint density at radius 1 is 1.11 bits per heavy atom. The van der Waals surface area contributed by atoms with Gasteiger partial charge in [-0.1, -0.05) is 6.07 Å². The van der Waals surface area contributed by atoms with Crippen LogP contribution in [0.2, 0.25) is 0 Å². The number of likely N-dealkylation sites (tertiary alicyclic amines) is 1. The number of nitrogens with zero attached hydrogens (tertiary/aromatic N) is 5. The van der Waals surface area contributed by atoms with Crippen LogP contribution in [-0.2, 0) is 11.3 Å². The summed E-state index contributed by atoms with van der Waals surface area (Å²) in [5.41, 5.74) is 1.88. The largest absolute Gasteiger partial charge is 0.497 e. The molecule has 1 saturated heterocycles. The first-order valence-electron chi connectivity index (χ1n) is 11.6. The second kappa shape index (κ2) is 9.80. The number of anilines is 1. The summed E-state index contributed by atoms with van der Waals surface area (Å²) in [6.07, 6.45) is -0.927. The zero-order chi connectivity index (χ0) is 26.1. The van der Waals surface area contributed by atoms with E-state index in [1.807, 2.05) is 24.3 Å². The Hall–Kier alpha value is -4.61. The second-order valence-corrected chi connectivity index (χ2v) is 8.51. The van der Waals surface area contributed by atoms with Crippen LogP contribution >= 0.6 is 0 Å². The van der Waals surface area contributed by atoms with Gasteiger partial charge >= 0.3 is 6.09 Å². The SMILES string of the molecule is COc1ccc(CNc2nc3c(OC)cccc3c3nc(C4CC(=O)CCN4C(=O)O)nn23)c(OC)c1. The number of carboxylic acid groups (broad SMARTS) is 1. The quantitative estimate of drug-likeness (QED) is 0.384. The molecule has 2 N–H and O–H groups in total. The third-order valence-corrected chi connectivity index (χ3v) is 6.41. The topological polar surface area (TPSA) is 140 Å². The lowest BCUT2D eigenvalue weighted by atomic mass is 10.0. The number of carbonyl (C=O) groups excluding carboxylic acids is 1. The van der Waals surface area contributed by atoms with Crippen molar-refractivity contribution < 1.29 is 28.9 Å². The molecule has 1 amide bonds. The zero-order valence-corrected chi connectivity index (χ0v) is 20.6. The predicted molar refractivity (Wildman–Crippen MR) is 133 cm³/mol. The van der Waals surface area contributed by atoms with Crippen LogP contribution in [-0.4, -0.2) is 69.3 Å². The van der Waals surface area contributed by atoms with Gasteiger partial charge in [0.1, 0.15) is 34.6 Å². The zero-order valence-electron chi connectivity index (χ0n) is 20.6. The van der Waals surface area contributed by atoms with Crippen molar-refractivity contribution in [3.63, 3.8) is 0 Å². The molecule has 0 saturated carbocycles. The van der Waals surface area contributed by atoms with Gasteiger partial charge in [0.05, 0.1) is 21.3 Å². The lowest BCUT2D eigenvalue weighted by molar-refractivity contribution is -0.122. The van der Waals surface area contributed by atoms with Crippen molar-refractivity contribution in [2.24, 2.45) is 0 Å². The van der Waals surface area contributed by atoms with Crippen molar-refractivity contribution in [3.8, 4) is 17.2 Å². The van der Waals surface area contributed by atoms with Crippen molar-refractivity contribution in [1.29, 1.82) is 0 Å². The number of Topliss-reactive ketones (excluding diaryl/α,β-unsaturated/α-hetero) is 1. The molecule has 1 atom stereocenters. The molecule has 192 valence electrons. The molecule has 0 aliphatic carbocycles. The van der Waals surface area contributed by atoms with E-state index in [1.54, 1.807) is 33.5 Å². The fourth-order valence-corrected chi connectivity index (χ4v) is 4.50. The molecule has 12 heteroatoms. The van der Waals surface area contributed by atoms with Gasteiger partial charge in [0.15, 0.2) is 11.5 Å². The number of piperidine rings is 1. The van der Waals surface area contributed by atoms with Gasteiger partial charge < -0.3 is 24.6 Å². The van der Waals surface area contributed by atoms with Crippen LogP contribution in [0.15, 0.2) is 36.4 Å². The number of benzene rings is 2.